The Morgan fingerprint density at radius 2 is 1.79 bits per heavy atom. The van der Waals surface area contributed by atoms with E-state index >= 15 is 0 Å². The highest BCUT2D eigenvalue weighted by Gasteiger charge is 2.30. The van der Waals surface area contributed by atoms with Crippen LogP contribution >= 0.6 is 0 Å². The van der Waals surface area contributed by atoms with Gasteiger partial charge in [0.2, 0.25) is 0 Å². The van der Waals surface area contributed by atoms with Gasteiger partial charge >= 0.3 is 6.18 Å². The minimum Gasteiger partial charge on any atom is -0.393 e. The minimum atomic E-state index is -4.29. The van der Waals surface area contributed by atoms with E-state index in [9.17, 15) is 18.3 Å². The van der Waals surface area contributed by atoms with Crippen LogP contribution in [0.4, 0.5) is 13.2 Å². The van der Waals surface area contributed by atoms with E-state index in [0.717, 1.165) is 17.7 Å². The van der Waals surface area contributed by atoms with Crippen LogP contribution in [0.3, 0.4) is 0 Å². The topological polar surface area (TPSA) is 32.3 Å². The number of rotatable bonds is 6. The van der Waals surface area contributed by atoms with Crippen molar-refractivity contribution in [1.29, 1.82) is 0 Å². The summed E-state index contributed by atoms with van der Waals surface area (Å²) >= 11 is 0. The van der Waals surface area contributed by atoms with E-state index < -0.39 is 11.7 Å². The lowest BCUT2D eigenvalue weighted by Crippen LogP contribution is -2.23. The molecule has 0 aliphatic rings. The summed E-state index contributed by atoms with van der Waals surface area (Å²) in [5.74, 6) is 0. The molecule has 2 atom stereocenters. The van der Waals surface area contributed by atoms with Gasteiger partial charge in [-0.3, -0.25) is 0 Å². The molecule has 2 N–H and O–H groups in total. The highest BCUT2D eigenvalue weighted by Crippen LogP contribution is 2.29. The van der Waals surface area contributed by atoms with Gasteiger partial charge in [0.05, 0.1) is 11.7 Å². The molecule has 0 radical (unpaired) electrons. The molecule has 0 bridgehead atoms. The van der Waals surface area contributed by atoms with Gasteiger partial charge in [-0.05, 0) is 44.0 Å². The lowest BCUT2D eigenvalue weighted by atomic mass is 10.1. The van der Waals surface area contributed by atoms with Crippen molar-refractivity contribution < 1.29 is 18.3 Å². The summed E-state index contributed by atoms with van der Waals surface area (Å²) in [6, 6.07) is 5.11. The Kier molecular flexibility index (Phi) is 5.82. The fourth-order valence-electron chi connectivity index (χ4n) is 1.75. The van der Waals surface area contributed by atoms with Crippen molar-refractivity contribution >= 4 is 0 Å². The van der Waals surface area contributed by atoms with Crippen molar-refractivity contribution in [3.05, 3.63) is 35.4 Å². The third-order valence-corrected chi connectivity index (χ3v) is 3.14. The maximum absolute atomic E-state index is 12.4. The second-order valence-corrected chi connectivity index (χ2v) is 4.65. The molecule has 0 aliphatic carbocycles. The average Bonchev–Trinajstić information content (AvgIpc) is 2.37. The van der Waals surface area contributed by atoms with Gasteiger partial charge in [-0.15, -0.1) is 0 Å². The van der Waals surface area contributed by atoms with Crippen molar-refractivity contribution in [1.82, 2.24) is 5.32 Å². The third kappa shape index (κ3) is 5.20. The molecular weight excluding hydrogens is 255 g/mol. The predicted molar refractivity (Wildman–Crippen MR) is 68.8 cm³/mol. The zero-order valence-corrected chi connectivity index (χ0v) is 11.2. The lowest BCUT2D eigenvalue weighted by Gasteiger charge is -2.16. The first-order chi connectivity index (χ1) is 8.84. The zero-order valence-electron chi connectivity index (χ0n) is 11.2. The highest BCUT2D eigenvalue weighted by molar-refractivity contribution is 5.26. The molecule has 1 aromatic rings. The van der Waals surface area contributed by atoms with Crippen molar-refractivity contribution in [3.63, 3.8) is 0 Å². The van der Waals surface area contributed by atoms with Gasteiger partial charge in [0.1, 0.15) is 0 Å². The third-order valence-electron chi connectivity index (χ3n) is 3.14. The van der Waals surface area contributed by atoms with Gasteiger partial charge in [-0.2, -0.15) is 13.2 Å². The first-order valence-corrected chi connectivity index (χ1v) is 6.43. The SMILES string of the molecule is CCC(O)CCNC(C)c1ccc(C(F)(F)F)cc1. The maximum Gasteiger partial charge on any atom is 0.416 e. The molecule has 2 nitrogen and oxygen atoms in total. The summed E-state index contributed by atoms with van der Waals surface area (Å²) in [4.78, 5) is 0. The van der Waals surface area contributed by atoms with Crippen LogP contribution in [-0.4, -0.2) is 17.8 Å². The van der Waals surface area contributed by atoms with Crippen LogP contribution in [-0.2, 0) is 6.18 Å². The van der Waals surface area contributed by atoms with Crippen LogP contribution in [0, 0.1) is 0 Å². The molecule has 0 aromatic heterocycles. The molecule has 0 saturated heterocycles. The Bertz CT molecular complexity index is 375. The number of halogens is 3. The van der Waals surface area contributed by atoms with Gasteiger partial charge in [0, 0.05) is 6.04 Å². The summed E-state index contributed by atoms with van der Waals surface area (Å²) in [6.07, 6.45) is -3.27. The predicted octanol–water partition coefficient (Wildman–Crippen LogP) is 3.52. The van der Waals surface area contributed by atoms with E-state index in [4.69, 9.17) is 0 Å². The van der Waals surface area contributed by atoms with E-state index in [1.54, 1.807) is 0 Å². The summed E-state index contributed by atoms with van der Waals surface area (Å²) in [5, 5.41) is 12.6. The van der Waals surface area contributed by atoms with Crippen LogP contribution in [0.25, 0.3) is 0 Å². The fourth-order valence-corrected chi connectivity index (χ4v) is 1.75. The molecular formula is C14H20F3NO. The van der Waals surface area contributed by atoms with Crippen LogP contribution < -0.4 is 5.32 Å². The molecule has 0 fully saturated rings. The second-order valence-electron chi connectivity index (χ2n) is 4.65. The molecule has 2 unspecified atom stereocenters. The number of aliphatic hydroxyl groups is 1. The molecule has 0 spiro atoms. The second kappa shape index (κ2) is 6.91. The summed E-state index contributed by atoms with van der Waals surface area (Å²) in [5.41, 5.74) is 0.170. The van der Waals surface area contributed by atoms with Gasteiger partial charge in [0.15, 0.2) is 0 Å². The summed E-state index contributed by atoms with van der Waals surface area (Å²) < 4.78 is 37.2. The Labute approximate surface area is 111 Å². The Hall–Kier alpha value is -1.07. The molecule has 0 saturated carbocycles. The monoisotopic (exact) mass is 275 g/mol. The van der Waals surface area contributed by atoms with Gasteiger partial charge in [-0.25, -0.2) is 0 Å². The number of hydrogen-bond donors (Lipinski definition) is 2. The van der Waals surface area contributed by atoms with Crippen molar-refractivity contribution in [3.8, 4) is 0 Å². The molecule has 0 aliphatic heterocycles. The molecule has 19 heavy (non-hydrogen) atoms. The average molecular weight is 275 g/mol. The van der Waals surface area contributed by atoms with E-state index in [-0.39, 0.29) is 12.1 Å². The Balaban J connectivity index is 2.51. The Morgan fingerprint density at radius 1 is 1.21 bits per heavy atom. The van der Waals surface area contributed by atoms with Crippen molar-refractivity contribution in [2.24, 2.45) is 0 Å². The lowest BCUT2D eigenvalue weighted by molar-refractivity contribution is -0.137. The van der Waals surface area contributed by atoms with Gasteiger partial charge in [0.25, 0.3) is 0 Å². The number of alkyl halides is 3. The van der Waals surface area contributed by atoms with E-state index in [1.807, 2.05) is 13.8 Å². The van der Waals surface area contributed by atoms with E-state index in [1.165, 1.54) is 12.1 Å². The minimum absolute atomic E-state index is 0.0358. The fraction of sp³-hybridized carbons (Fsp3) is 0.571. The molecule has 0 heterocycles. The van der Waals surface area contributed by atoms with Crippen molar-refractivity contribution in [2.45, 2.75) is 45.0 Å². The summed E-state index contributed by atoms with van der Waals surface area (Å²) in [7, 11) is 0. The van der Waals surface area contributed by atoms with Crippen LogP contribution in [0.2, 0.25) is 0 Å². The van der Waals surface area contributed by atoms with E-state index in [0.29, 0.717) is 19.4 Å². The van der Waals surface area contributed by atoms with Gasteiger partial charge < -0.3 is 10.4 Å². The van der Waals surface area contributed by atoms with Gasteiger partial charge in [-0.1, -0.05) is 19.1 Å². The molecule has 1 rings (SSSR count). The summed E-state index contributed by atoms with van der Waals surface area (Å²) in [6.45, 7) is 4.43. The smallest absolute Gasteiger partial charge is 0.393 e. The quantitative estimate of drug-likeness (QED) is 0.832. The zero-order chi connectivity index (χ0) is 14.5. The molecule has 0 amide bonds. The number of aliphatic hydroxyl groups excluding tert-OH is 1. The normalized spacial score (nSPS) is 15.3. The molecule has 1 aromatic carbocycles. The van der Waals surface area contributed by atoms with Crippen LogP contribution in [0.5, 0.6) is 0 Å². The first kappa shape index (κ1) is 16.0. The first-order valence-electron chi connectivity index (χ1n) is 6.43. The Morgan fingerprint density at radius 3 is 2.26 bits per heavy atom. The van der Waals surface area contributed by atoms with Crippen molar-refractivity contribution in [2.75, 3.05) is 6.54 Å². The standard InChI is InChI=1S/C14H20F3NO/c1-3-13(19)8-9-18-10(2)11-4-6-12(7-5-11)14(15,16)17/h4-7,10,13,18-19H,3,8-9H2,1-2H3. The number of hydrogen-bond acceptors (Lipinski definition) is 2. The van der Waals surface area contributed by atoms with Crippen LogP contribution in [0.1, 0.15) is 43.9 Å². The molecule has 108 valence electrons. The maximum atomic E-state index is 12.4. The van der Waals surface area contributed by atoms with Crippen LogP contribution in [0.15, 0.2) is 24.3 Å². The number of nitrogens with one attached hydrogen (secondary N) is 1. The molecule has 5 heteroatoms. The largest absolute Gasteiger partial charge is 0.416 e. The highest BCUT2D eigenvalue weighted by atomic mass is 19.4. The van der Waals surface area contributed by atoms with E-state index in [2.05, 4.69) is 5.32 Å². The number of benzene rings is 1.